The first-order valence-electron chi connectivity index (χ1n) is 6.30. The number of aryl methyl sites for hydroxylation is 3. The molecule has 0 amide bonds. The Bertz CT molecular complexity index is 577. The van der Waals surface area contributed by atoms with Crippen molar-refractivity contribution < 1.29 is 0 Å². The van der Waals surface area contributed by atoms with E-state index in [0.29, 0.717) is 0 Å². The molecule has 0 bridgehead atoms. The van der Waals surface area contributed by atoms with Crippen LogP contribution in [0.15, 0.2) is 18.3 Å². The van der Waals surface area contributed by atoms with Gasteiger partial charge in [0, 0.05) is 31.4 Å². The molecule has 2 aromatic rings. The van der Waals surface area contributed by atoms with Crippen molar-refractivity contribution in [2.75, 3.05) is 7.05 Å². The van der Waals surface area contributed by atoms with E-state index < -0.39 is 0 Å². The maximum Gasteiger partial charge on any atom is 0.0847 e. The Morgan fingerprint density at radius 3 is 2.68 bits per heavy atom. The molecule has 0 saturated heterocycles. The summed E-state index contributed by atoms with van der Waals surface area (Å²) in [4.78, 5) is 4.23. The van der Waals surface area contributed by atoms with Gasteiger partial charge in [0.05, 0.1) is 16.4 Å². The maximum absolute atomic E-state index is 6.31. The molecular formula is C14H19ClN4. The van der Waals surface area contributed by atoms with Crippen LogP contribution in [0, 0.1) is 13.8 Å². The number of aromatic nitrogens is 3. The van der Waals surface area contributed by atoms with Gasteiger partial charge in [0.1, 0.15) is 0 Å². The van der Waals surface area contributed by atoms with Crippen LogP contribution in [0.4, 0.5) is 0 Å². The van der Waals surface area contributed by atoms with Gasteiger partial charge in [0.25, 0.3) is 0 Å². The van der Waals surface area contributed by atoms with Crippen LogP contribution < -0.4 is 5.32 Å². The van der Waals surface area contributed by atoms with Crippen LogP contribution in [0.3, 0.4) is 0 Å². The predicted molar refractivity (Wildman–Crippen MR) is 77.4 cm³/mol. The van der Waals surface area contributed by atoms with Crippen LogP contribution in [-0.4, -0.2) is 21.8 Å². The molecule has 102 valence electrons. The van der Waals surface area contributed by atoms with E-state index in [1.54, 1.807) is 0 Å². The number of likely N-dealkylation sites (N-methyl/N-ethyl adjacent to an activating group) is 1. The fourth-order valence-corrected chi connectivity index (χ4v) is 2.50. The average molecular weight is 279 g/mol. The van der Waals surface area contributed by atoms with E-state index in [1.165, 1.54) is 5.56 Å². The van der Waals surface area contributed by atoms with Crippen molar-refractivity contribution in [3.8, 4) is 0 Å². The lowest BCUT2D eigenvalue weighted by atomic mass is 10.0. The van der Waals surface area contributed by atoms with E-state index >= 15 is 0 Å². The summed E-state index contributed by atoms with van der Waals surface area (Å²) in [6.07, 6.45) is 2.64. The standard InChI is InChI=1S/C14H19ClN4/c1-9-7-11(5-6-17-9)12(16-3)8-13-14(15)10(2)18-19(13)4/h5-7,12,16H,8H2,1-4H3. The zero-order valence-corrected chi connectivity index (χ0v) is 12.5. The molecule has 1 N–H and O–H groups in total. The Morgan fingerprint density at radius 1 is 1.42 bits per heavy atom. The summed E-state index contributed by atoms with van der Waals surface area (Å²) in [5.74, 6) is 0. The van der Waals surface area contributed by atoms with Gasteiger partial charge in [-0.25, -0.2) is 0 Å². The number of nitrogens with zero attached hydrogens (tertiary/aromatic N) is 3. The second-order valence-corrected chi connectivity index (χ2v) is 5.12. The van der Waals surface area contributed by atoms with Crippen molar-refractivity contribution >= 4 is 11.6 Å². The molecule has 2 aromatic heterocycles. The molecule has 0 radical (unpaired) electrons. The van der Waals surface area contributed by atoms with Crippen LogP contribution in [-0.2, 0) is 13.5 Å². The topological polar surface area (TPSA) is 42.7 Å². The highest BCUT2D eigenvalue weighted by molar-refractivity contribution is 6.31. The molecule has 0 aliphatic carbocycles. The number of nitrogens with one attached hydrogen (secondary N) is 1. The Kier molecular flexibility index (Phi) is 4.22. The molecule has 0 fully saturated rings. The van der Waals surface area contributed by atoms with Gasteiger partial charge in [0.15, 0.2) is 0 Å². The Labute approximate surface area is 118 Å². The molecule has 1 unspecified atom stereocenters. The molecule has 5 heteroatoms. The van der Waals surface area contributed by atoms with Gasteiger partial charge in [0.2, 0.25) is 0 Å². The van der Waals surface area contributed by atoms with Crippen molar-refractivity contribution in [1.82, 2.24) is 20.1 Å². The highest BCUT2D eigenvalue weighted by Crippen LogP contribution is 2.25. The summed E-state index contributed by atoms with van der Waals surface area (Å²) in [7, 11) is 3.89. The van der Waals surface area contributed by atoms with Crippen molar-refractivity contribution in [2.24, 2.45) is 7.05 Å². The minimum absolute atomic E-state index is 0.203. The summed E-state index contributed by atoms with van der Waals surface area (Å²) in [5.41, 5.74) is 4.16. The Hall–Kier alpha value is -1.39. The molecule has 0 aliphatic rings. The van der Waals surface area contributed by atoms with Gasteiger partial charge < -0.3 is 5.32 Å². The lowest BCUT2D eigenvalue weighted by molar-refractivity contribution is 0.560. The second-order valence-electron chi connectivity index (χ2n) is 4.75. The van der Waals surface area contributed by atoms with Crippen molar-refractivity contribution in [1.29, 1.82) is 0 Å². The summed E-state index contributed by atoms with van der Waals surface area (Å²) in [6, 6.07) is 4.33. The van der Waals surface area contributed by atoms with Gasteiger partial charge in [-0.2, -0.15) is 5.10 Å². The van der Waals surface area contributed by atoms with E-state index in [-0.39, 0.29) is 6.04 Å². The van der Waals surface area contributed by atoms with E-state index in [4.69, 9.17) is 11.6 Å². The van der Waals surface area contributed by atoms with Gasteiger partial charge >= 0.3 is 0 Å². The monoisotopic (exact) mass is 278 g/mol. The third-order valence-corrected chi connectivity index (χ3v) is 3.82. The number of halogens is 1. The van der Waals surface area contributed by atoms with Crippen LogP contribution in [0.1, 0.15) is 28.7 Å². The van der Waals surface area contributed by atoms with Gasteiger partial charge in [-0.1, -0.05) is 11.6 Å². The number of pyridine rings is 1. The van der Waals surface area contributed by atoms with Crippen LogP contribution >= 0.6 is 11.6 Å². The van der Waals surface area contributed by atoms with Crippen LogP contribution in [0.25, 0.3) is 0 Å². The Morgan fingerprint density at radius 2 is 2.16 bits per heavy atom. The van der Waals surface area contributed by atoms with E-state index in [1.807, 2.05) is 44.9 Å². The highest BCUT2D eigenvalue weighted by atomic mass is 35.5. The van der Waals surface area contributed by atoms with E-state index in [9.17, 15) is 0 Å². The third kappa shape index (κ3) is 2.96. The molecular weight excluding hydrogens is 260 g/mol. The zero-order valence-electron chi connectivity index (χ0n) is 11.7. The summed E-state index contributed by atoms with van der Waals surface area (Å²) in [5, 5.41) is 8.44. The molecule has 4 nitrogen and oxygen atoms in total. The smallest absolute Gasteiger partial charge is 0.0847 e. The highest BCUT2D eigenvalue weighted by Gasteiger charge is 2.17. The first kappa shape index (κ1) is 14.0. The number of hydrogen-bond donors (Lipinski definition) is 1. The Balaban J connectivity index is 2.29. The predicted octanol–water partition coefficient (Wildman–Crippen LogP) is 2.59. The first-order valence-corrected chi connectivity index (χ1v) is 6.68. The lowest BCUT2D eigenvalue weighted by Crippen LogP contribution is -2.20. The molecule has 0 aliphatic heterocycles. The molecule has 0 saturated carbocycles. The molecule has 19 heavy (non-hydrogen) atoms. The van der Waals surface area contributed by atoms with Crippen LogP contribution in [0.5, 0.6) is 0 Å². The second kappa shape index (κ2) is 5.72. The molecule has 0 spiro atoms. The quantitative estimate of drug-likeness (QED) is 0.935. The summed E-state index contributed by atoms with van der Waals surface area (Å²) < 4.78 is 1.86. The molecule has 0 aromatic carbocycles. The summed E-state index contributed by atoms with van der Waals surface area (Å²) in [6.45, 7) is 3.92. The molecule has 2 heterocycles. The molecule has 1 atom stereocenters. The fourth-order valence-electron chi connectivity index (χ4n) is 2.27. The minimum atomic E-state index is 0.203. The van der Waals surface area contributed by atoms with Crippen molar-refractivity contribution in [2.45, 2.75) is 26.3 Å². The van der Waals surface area contributed by atoms with E-state index in [0.717, 1.165) is 28.5 Å². The average Bonchev–Trinajstić information content (AvgIpc) is 2.61. The normalized spacial score (nSPS) is 12.7. The zero-order chi connectivity index (χ0) is 14.0. The lowest BCUT2D eigenvalue weighted by Gasteiger charge is -2.17. The van der Waals surface area contributed by atoms with Gasteiger partial charge in [-0.05, 0) is 38.6 Å². The SMILES string of the molecule is CNC(Cc1c(Cl)c(C)nn1C)c1ccnc(C)c1. The van der Waals surface area contributed by atoms with E-state index in [2.05, 4.69) is 21.5 Å². The largest absolute Gasteiger partial charge is 0.313 e. The van der Waals surface area contributed by atoms with Gasteiger partial charge in [-0.15, -0.1) is 0 Å². The molecule has 2 rings (SSSR count). The number of rotatable bonds is 4. The van der Waals surface area contributed by atoms with Crippen molar-refractivity contribution in [3.05, 3.63) is 46.0 Å². The fraction of sp³-hybridized carbons (Fsp3) is 0.429. The first-order chi connectivity index (χ1) is 9.02. The minimum Gasteiger partial charge on any atom is -0.313 e. The summed E-state index contributed by atoms with van der Waals surface area (Å²) >= 11 is 6.31. The number of hydrogen-bond acceptors (Lipinski definition) is 3. The van der Waals surface area contributed by atoms with Crippen molar-refractivity contribution in [3.63, 3.8) is 0 Å². The third-order valence-electron chi connectivity index (χ3n) is 3.33. The van der Waals surface area contributed by atoms with Gasteiger partial charge in [-0.3, -0.25) is 9.67 Å². The maximum atomic E-state index is 6.31. The van der Waals surface area contributed by atoms with Crippen LogP contribution in [0.2, 0.25) is 5.02 Å².